The lowest BCUT2D eigenvalue weighted by Gasteiger charge is -2.33. The molecule has 2 aliphatic rings. The van der Waals surface area contributed by atoms with E-state index in [0.29, 0.717) is 16.7 Å². The maximum absolute atomic E-state index is 2.41. The lowest BCUT2D eigenvalue weighted by atomic mass is 9.72. The van der Waals surface area contributed by atoms with Gasteiger partial charge < -0.3 is 0 Å². The van der Waals surface area contributed by atoms with E-state index in [-0.39, 0.29) is 0 Å². The number of hydrogen-bond donors (Lipinski definition) is 0. The Hall–Kier alpha value is -2.34. The normalized spacial score (nSPS) is 22.1. The molecule has 0 aliphatic heterocycles. The van der Waals surface area contributed by atoms with Crippen LogP contribution >= 0.6 is 0 Å². The molecular formula is C40H60. The zero-order valence-electron chi connectivity index (χ0n) is 27.8. The lowest BCUT2D eigenvalue weighted by Crippen LogP contribution is -2.19. The fraction of sp³-hybridized carbons (Fsp3) is 0.550. The smallest absolute Gasteiger partial charge is 0.0104 e. The van der Waals surface area contributed by atoms with E-state index in [1.54, 1.807) is 16.7 Å². The third-order valence-electron chi connectivity index (χ3n) is 8.99. The van der Waals surface area contributed by atoms with Crippen molar-refractivity contribution < 1.29 is 0 Å². The maximum atomic E-state index is 2.41. The summed E-state index contributed by atoms with van der Waals surface area (Å²) in [7, 11) is 0. The minimum atomic E-state index is 0.300. The first kappa shape index (κ1) is 33.9. The first-order valence-corrected chi connectivity index (χ1v) is 15.9. The van der Waals surface area contributed by atoms with Crippen LogP contribution in [0.4, 0.5) is 0 Å². The van der Waals surface area contributed by atoms with Crippen molar-refractivity contribution in [1.29, 1.82) is 0 Å². The Labute approximate surface area is 249 Å². The quantitative estimate of drug-likeness (QED) is 0.216. The minimum absolute atomic E-state index is 0.300. The Morgan fingerprint density at radius 3 is 1.77 bits per heavy atom. The molecule has 0 nitrogen and oxygen atoms in total. The van der Waals surface area contributed by atoms with Crippen LogP contribution in [0.5, 0.6) is 0 Å². The fourth-order valence-electron chi connectivity index (χ4n) is 6.23. The van der Waals surface area contributed by atoms with E-state index in [2.05, 4.69) is 136 Å². The number of rotatable bonds is 12. The molecule has 0 bridgehead atoms. The average Bonchev–Trinajstić information content (AvgIpc) is 2.85. The van der Waals surface area contributed by atoms with E-state index in [1.807, 2.05) is 0 Å². The van der Waals surface area contributed by atoms with Gasteiger partial charge in [-0.15, -0.1) is 0 Å². The SMILES string of the molecule is CC1=C(/C=C/C(C)=C/C=C/C(C)=C/C=C/CC(C)CC/C=C(C)/C=C/C2=C(C)CCCC2(C)C)C(C)(C)CCC1. The van der Waals surface area contributed by atoms with E-state index in [4.69, 9.17) is 0 Å². The van der Waals surface area contributed by atoms with Gasteiger partial charge in [0.05, 0.1) is 0 Å². The molecule has 2 aliphatic carbocycles. The molecule has 0 aromatic rings. The third-order valence-corrected chi connectivity index (χ3v) is 8.99. The Kier molecular flexibility index (Phi) is 13.7. The predicted molar refractivity (Wildman–Crippen MR) is 182 cm³/mol. The zero-order chi connectivity index (χ0) is 29.8. The highest BCUT2D eigenvalue weighted by molar-refractivity contribution is 5.38. The van der Waals surface area contributed by atoms with Crippen molar-refractivity contribution in [2.75, 3.05) is 0 Å². The van der Waals surface area contributed by atoms with E-state index >= 15 is 0 Å². The molecule has 220 valence electrons. The van der Waals surface area contributed by atoms with Gasteiger partial charge in [0, 0.05) is 0 Å². The Morgan fingerprint density at radius 2 is 1.23 bits per heavy atom. The van der Waals surface area contributed by atoms with Crippen molar-refractivity contribution in [3.63, 3.8) is 0 Å². The van der Waals surface area contributed by atoms with Crippen LogP contribution in [-0.4, -0.2) is 0 Å². The fourth-order valence-corrected chi connectivity index (χ4v) is 6.23. The predicted octanol–water partition coefficient (Wildman–Crippen LogP) is 12.9. The second kappa shape index (κ2) is 16.2. The monoisotopic (exact) mass is 540 g/mol. The molecule has 0 heterocycles. The molecule has 0 aromatic carbocycles. The summed E-state index contributed by atoms with van der Waals surface area (Å²) in [6.45, 7) is 23.1. The van der Waals surface area contributed by atoms with Gasteiger partial charge in [-0.2, -0.15) is 0 Å². The summed E-state index contributed by atoms with van der Waals surface area (Å²) in [6.07, 6.45) is 36.4. The van der Waals surface area contributed by atoms with Gasteiger partial charge >= 0.3 is 0 Å². The summed E-state index contributed by atoms with van der Waals surface area (Å²) in [6, 6.07) is 0. The van der Waals surface area contributed by atoms with E-state index < -0.39 is 0 Å². The van der Waals surface area contributed by atoms with Crippen molar-refractivity contribution in [2.45, 2.75) is 127 Å². The molecule has 0 heteroatoms. The molecule has 0 saturated heterocycles. The first-order chi connectivity index (χ1) is 18.8. The molecule has 0 fully saturated rings. The van der Waals surface area contributed by atoms with Gasteiger partial charge in [0.25, 0.3) is 0 Å². The van der Waals surface area contributed by atoms with Crippen LogP contribution in [0.1, 0.15) is 127 Å². The van der Waals surface area contributed by atoms with Crippen LogP contribution in [0.3, 0.4) is 0 Å². The van der Waals surface area contributed by atoms with Gasteiger partial charge in [-0.05, 0) is 120 Å². The second-order valence-corrected chi connectivity index (χ2v) is 14.0. The summed E-state index contributed by atoms with van der Waals surface area (Å²) in [5.41, 5.74) is 10.8. The van der Waals surface area contributed by atoms with Crippen LogP contribution in [0.15, 0.2) is 106 Å². The Balaban J connectivity index is 1.77. The molecule has 1 unspecified atom stereocenters. The molecular weight excluding hydrogens is 480 g/mol. The van der Waals surface area contributed by atoms with Crippen molar-refractivity contribution in [3.8, 4) is 0 Å². The highest BCUT2D eigenvalue weighted by atomic mass is 14.3. The van der Waals surface area contributed by atoms with Gasteiger partial charge in [-0.25, -0.2) is 0 Å². The van der Waals surface area contributed by atoms with Gasteiger partial charge in [0.15, 0.2) is 0 Å². The summed E-state index contributed by atoms with van der Waals surface area (Å²) in [4.78, 5) is 0. The Morgan fingerprint density at radius 1 is 0.725 bits per heavy atom. The van der Waals surface area contributed by atoms with Crippen molar-refractivity contribution >= 4 is 0 Å². The standard InChI is InChI=1S/C40H60/c1-31(19-13-21-33(3)25-27-37-35(5)23-15-29-39(37,7)8)17-11-12-18-32(2)20-14-22-34(4)26-28-38-36(6)24-16-30-40(38,9)10/h11-13,17,19,21-22,25-28,32H,14-16,18,20,23-24,29-30H2,1-10H3/b12-11+,19-13+,27-25+,28-26+,31-17+,33-21+,34-22+. The highest BCUT2D eigenvalue weighted by Crippen LogP contribution is 2.41. The van der Waals surface area contributed by atoms with E-state index in [1.165, 1.54) is 67.2 Å². The van der Waals surface area contributed by atoms with Crippen LogP contribution in [0.2, 0.25) is 0 Å². The van der Waals surface area contributed by atoms with Crippen molar-refractivity contribution in [3.05, 3.63) is 106 Å². The first-order valence-electron chi connectivity index (χ1n) is 15.9. The van der Waals surface area contributed by atoms with Gasteiger partial charge in [-0.1, -0.05) is 129 Å². The molecule has 2 rings (SSSR count). The summed E-state index contributed by atoms with van der Waals surface area (Å²) < 4.78 is 0. The van der Waals surface area contributed by atoms with E-state index in [9.17, 15) is 0 Å². The molecule has 0 saturated carbocycles. The van der Waals surface area contributed by atoms with Crippen LogP contribution < -0.4 is 0 Å². The largest absolute Gasteiger partial charge is 0.0843 e. The molecule has 0 radical (unpaired) electrons. The zero-order valence-corrected chi connectivity index (χ0v) is 27.8. The second-order valence-electron chi connectivity index (χ2n) is 14.0. The molecule has 0 spiro atoms. The molecule has 0 amide bonds. The highest BCUT2D eigenvalue weighted by Gasteiger charge is 2.27. The van der Waals surface area contributed by atoms with Crippen LogP contribution in [0.25, 0.3) is 0 Å². The van der Waals surface area contributed by atoms with Gasteiger partial charge in [0.1, 0.15) is 0 Å². The average molecular weight is 541 g/mol. The molecule has 1 atom stereocenters. The lowest BCUT2D eigenvalue weighted by molar-refractivity contribution is 0.376. The van der Waals surface area contributed by atoms with Gasteiger partial charge in [0.2, 0.25) is 0 Å². The summed E-state index contributed by atoms with van der Waals surface area (Å²) in [5.74, 6) is 0.695. The number of allylic oxidation sites excluding steroid dienone is 18. The topological polar surface area (TPSA) is 0 Å². The van der Waals surface area contributed by atoms with Crippen molar-refractivity contribution in [1.82, 2.24) is 0 Å². The van der Waals surface area contributed by atoms with E-state index in [0.717, 1.165) is 12.8 Å². The third kappa shape index (κ3) is 11.6. The van der Waals surface area contributed by atoms with Crippen LogP contribution in [-0.2, 0) is 0 Å². The van der Waals surface area contributed by atoms with Crippen molar-refractivity contribution in [2.24, 2.45) is 16.7 Å². The summed E-state index contributed by atoms with van der Waals surface area (Å²) >= 11 is 0. The number of hydrogen-bond acceptors (Lipinski definition) is 0. The molecule has 40 heavy (non-hydrogen) atoms. The molecule has 0 N–H and O–H groups in total. The van der Waals surface area contributed by atoms with Crippen LogP contribution in [0, 0.1) is 16.7 Å². The summed E-state index contributed by atoms with van der Waals surface area (Å²) in [5, 5.41) is 0. The molecule has 0 aromatic heterocycles. The maximum Gasteiger partial charge on any atom is -0.0104 e. The minimum Gasteiger partial charge on any atom is -0.0843 e. The Bertz CT molecular complexity index is 1110. The van der Waals surface area contributed by atoms with Gasteiger partial charge in [-0.3, -0.25) is 0 Å².